The predicted molar refractivity (Wildman–Crippen MR) is 86.3 cm³/mol. The summed E-state index contributed by atoms with van der Waals surface area (Å²) >= 11 is 3.66. The van der Waals surface area contributed by atoms with Crippen molar-refractivity contribution in [1.82, 2.24) is 5.32 Å². The average molecular weight is 287 g/mol. The molecule has 0 fully saturated rings. The average Bonchev–Trinajstić information content (AvgIpc) is 3.08. The highest BCUT2D eigenvalue weighted by atomic mass is 32.1. The lowest BCUT2D eigenvalue weighted by Gasteiger charge is -2.15. The summed E-state index contributed by atoms with van der Waals surface area (Å²) in [6.45, 7) is 3.26. The molecule has 0 aliphatic rings. The van der Waals surface area contributed by atoms with Crippen LogP contribution >= 0.6 is 22.7 Å². The lowest BCUT2D eigenvalue weighted by molar-refractivity contribution is 0.607. The van der Waals surface area contributed by atoms with Gasteiger partial charge in [0.25, 0.3) is 0 Å². The molecule has 19 heavy (non-hydrogen) atoms. The molecule has 0 radical (unpaired) electrons. The number of hydrogen-bond donors (Lipinski definition) is 1. The number of rotatable bonds is 5. The summed E-state index contributed by atoms with van der Waals surface area (Å²) in [4.78, 5) is 1.41. The van der Waals surface area contributed by atoms with Crippen molar-refractivity contribution in [3.63, 3.8) is 0 Å². The maximum atomic E-state index is 3.67. The van der Waals surface area contributed by atoms with Crippen LogP contribution in [-0.4, -0.2) is 6.54 Å². The van der Waals surface area contributed by atoms with Crippen LogP contribution in [0.15, 0.2) is 47.2 Å². The van der Waals surface area contributed by atoms with Crippen LogP contribution in [0.5, 0.6) is 0 Å². The fourth-order valence-electron chi connectivity index (χ4n) is 2.26. The molecule has 0 aliphatic carbocycles. The van der Waals surface area contributed by atoms with Crippen LogP contribution in [0.2, 0.25) is 0 Å². The Balaban J connectivity index is 1.98. The summed E-state index contributed by atoms with van der Waals surface area (Å²) in [7, 11) is 0. The zero-order valence-electron chi connectivity index (χ0n) is 10.9. The summed E-state index contributed by atoms with van der Waals surface area (Å²) in [5, 5.41) is 9.42. The lowest BCUT2D eigenvalue weighted by atomic mass is 10.1. The molecule has 98 valence electrons. The van der Waals surface area contributed by atoms with Gasteiger partial charge in [-0.1, -0.05) is 25.1 Å². The van der Waals surface area contributed by atoms with Crippen molar-refractivity contribution in [2.24, 2.45) is 0 Å². The Hall–Kier alpha value is -1.16. The molecule has 1 aromatic carbocycles. The highest BCUT2D eigenvalue weighted by Gasteiger charge is 2.16. The van der Waals surface area contributed by atoms with Crippen LogP contribution in [0.4, 0.5) is 0 Å². The fourth-order valence-corrected chi connectivity index (χ4v) is 4.11. The second-order valence-electron chi connectivity index (χ2n) is 4.63. The van der Waals surface area contributed by atoms with E-state index >= 15 is 0 Å². The molecule has 0 amide bonds. The van der Waals surface area contributed by atoms with E-state index in [0.29, 0.717) is 6.04 Å². The number of hydrogen-bond acceptors (Lipinski definition) is 3. The largest absolute Gasteiger partial charge is 0.306 e. The lowest BCUT2D eigenvalue weighted by Crippen LogP contribution is -2.21. The summed E-state index contributed by atoms with van der Waals surface area (Å²) in [6, 6.07) is 13.5. The van der Waals surface area contributed by atoms with Crippen LogP contribution in [0.1, 0.15) is 29.8 Å². The molecule has 3 rings (SSSR count). The van der Waals surface area contributed by atoms with Gasteiger partial charge >= 0.3 is 0 Å². The Bertz CT molecular complexity index is 607. The first-order valence-electron chi connectivity index (χ1n) is 6.62. The summed E-state index contributed by atoms with van der Waals surface area (Å²) in [5.74, 6) is 0. The van der Waals surface area contributed by atoms with Crippen LogP contribution in [0, 0.1) is 0 Å². The van der Waals surface area contributed by atoms with Crippen molar-refractivity contribution in [2.75, 3.05) is 6.54 Å². The Kier molecular flexibility index (Phi) is 3.97. The van der Waals surface area contributed by atoms with Crippen molar-refractivity contribution in [1.29, 1.82) is 0 Å². The first kappa shape index (κ1) is 12.9. The molecule has 2 aromatic heterocycles. The van der Waals surface area contributed by atoms with Gasteiger partial charge in [-0.25, -0.2) is 0 Å². The molecule has 0 saturated carbocycles. The van der Waals surface area contributed by atoms with Gasteiger partial charge in [-0.3, -0.25) is 0 Å². The fraction of sp³-hybridized carbons (Fsp3) is 0.250. The smallest absolute Gasteiger partial charge is 0.0679 e. The van der Waals surface area contributed by atoms with Crippen molar-refractivity contribution in [2.45, 2.75) is 19.4 Å². The van der Waals surface area contributed by atoms with E-state index in [-0.39, 0.29) is 0 Å². The number of thiophene rings is 2. The second kappa shape index (κ2) is 5.87. The third-order valence-corrected chi connectivity index (χ3v) is 5.09. The normalized spacial score (nSPS) is 12.9. The van der Waals surface area contributed by atoms with E-state index in [4.69, 9.17) is 0 Å². The summed E-state index contributed by atoms with van der Waals surface area (Å²) in [6.07, 6.45) is 1.16. The number of fused-ring (bicyclic) bond motifs is 1. The van der Waals surface area contributed by atoms with E-state index in [1.165, 1.54) is 20.5 Å². The highest BCUT2D eigenvalue weighted by molar-refractivity contribution is 7.19. The van der Waals surface area contributed by atoms with Crippen LogP contribution < -0.4 is 5.32 Å². The van der Waals surface area contributed by atoms with Crippen LogP contribution in [0.3, 0.4) is 0 Å². The topological polar surface area (TPSA) is 12.0 Å². The van der Waals surface area contributed by atoms with Crippen molar-refractivity contribution >= 4 is 32.8 Å². The molecule has 3 aromatic rings. The maximum absolute atomic E-state index is 3.67. The van der Waals surface area contributed by atoms with E-state index in [1.807, 2.05) is 11.3 Å². The van der Waals surface area contributed by atoms with Crippen molar-refractivity contribution in [3.8, 4) is 0 Å². The van der Waals surface area contributed by atoms with E-state index in [1.54, 1.807) is 11.3 Å². The molecule has 1 nitrogen and oxygen atoms in total. The van der Waals surface area contributed by atoms with Gasteiger partial charge in [0.2, 0.25) is 0 Å². The SMILES string of the molecule is CCCNC(c1ccsc1)c1cc2ccccc2s1. The monoisotopic (exact) mass is 287 g/mol. The maximum Gasteiger partial charge on any atom is 0.0679 e. The third-order valence-electron chi connectivity index (χ3n) is 3.20. The van der Waals surface area contributed by atoms with Gasteiger partial charge in [0.05, 0.1) is 6.04 Å². The molecule has 1 unspecified atom stereocenters. The number of benzene rings is 1. The van der Waals surface area contributed by atoms with E-state index in [2.05, 4.69) is 59.4 Å². The molecular formula is C16H17NS2. The van der Waals surface area contributed by atoms with Gasteiger partial charge in [0.1, 0.15) is 0 Å². The molecule has 0 aliphatic heterocycles. The van der Waals surface area contributed by atoms with Crippen molar-refractivity contribution < 1.29 is 0 Å². The second-order valence-corrected chi connectivity index (χ2v) is 6.53. The van der Waals surface area contributed by atoms with Gasteiger partial charge in [0.15, 0.2) is 0 Å². The van der Waals surface area contributed by atoms with Gasteiger partial charge in [-0.05, 0) is 52.9 Å². The molecule has 1 N–H and O–H groups in total. The Morgan fingerprint density at radius 1 is 1.21 bits per heavy atom. The first-order chi connectivity index (χ1) is 9.38. The van der Waals surface area contributed by atoms with Crippen LogP contribution in [0.25, 0.3) is 10.1 Å². The summed E-state index contributed by atoms with van der Waals surface area (Å²) in [5.41, 5.74) is 1.38. The van der Waals surface area contributed by atoms with Crippen molar-refractivity contribution in [3.05, 3.63) is 57.6 Å². The highest BCUT2D eigenvalue weighted by Crippen LogP contribution is 2.33. The van der Waals surface area contributed by atoms with Gasteiger partial charge < -0.3 is 5.32 Å². The van der Waals surface area contributed by atoms with Gasteiger partial charge in [0, 0.05) is 9.58 Å². The summed E-state index contributed by atoms with van der Waals surface area (Å²) < 4.78 is 1.37. The molecule has 0 bridgehead atoms. The van der Waals surface area contributed by atoms with E-state index in [9.17, 15) is 0 Å². The predicted octanol–water partition coefficient (Wildman–Crippen LogP) is 5.05. The van der Waals surface area contributed by atoms with Crippen LogP contribution in [-0.2, 0) is 0 Å². The zero-order valence-corrected chi connectivity index (χ0v) is 12.6. The Morgan fingerprint density at radius 2 is 2.11 bits per heavy atom. The Morgan fingerprint density at radius 3 is 2.84 bits per heavy atom. The molecule has 1 atom stereocenters. The third kappa shape index (κ3) is 2.73. The van der Waals surface area contributed by atoms with E-state index < -0.39 is 0 Å². The molecule has 0 saturated heterocycles. The number of nitrogens with one attached hydrogen (secondary N) is 1. The van der Waals surface area contributed by atoms with Gasteiger partial charge in [-0.15, -0.1) is 11.3 Å². The minimum absolute atomic E-state index is 0.337. The molecule has 2 heterocycles. The van der Waals surface area contributed by atoms with E-state index in [0.717, 1.165) is 13.0 Å². The first-order valence-corrected chi connectivity index (χ1v) is 8.38. The minimum Gasteiger partial charge on any atom is -0.306 e. The standard InChI is InChI=1S/C16H17NS2/c1-2-8-17-16(13-7-9-18-11-13)15-10-12-5-3-4-6-14(12)19-15/h3-7,9-11,16-17H,2,8H2,1H3. The molecular weight excluding hydrogens is 270 g/mol. The zero-order chi connectivity index (χ0) is 13.1. The molecule has 3 heteroatoms. The minimum atomic E-state index is 0.337. The molecule has 0 spiro atoms. The Labute approximate surface area is 121 Å². The quantitative estimate of drug-likeness (QED) is 0.692. The van der Waals surface area contributed by atoms with Gasteiger partial charge in [-0.2, -0.15) is 11.3 Å².